The number of nitrogens with zero attached hydrogens (tertiary/aromatic N) is 1. The van der Waals surface area contributed by atoms with Crippen LogP contribution in [0.1, 0.15) is 16.7 Å². The molecule has 2 heteroatoms. The molecule has 1 heterocycles. The van der Waals surface area contributed by atoms with Crippen molar-refractivity contribution in [3.05, 3.63) is 22.9 Å². The van der Waals surface area contributed by atoms with Crippen LogP contribution >= 0.6 is 0 Å². The van der Waals surface area contributed by atoms with Crippen molar-refractivity contribution in [1.29, 1.82) is 0 Å². The minimum atomic E-state index is 1.14. The molecule has 0 saturated carbocycles. The minimum absolute atomic E-state index is 1.14. The first-order chi connectivity index (χ1) is 4.63. The molecule has 1 aromatic heterocycles. The van der Waals surface area contributed by atoms with Crippen molar-refractivity contribution in [3.8, 4) is 0 Å². The second kappa shape index (κ2) is 2.45. The van der Waals surface area contributed by atoms with E-state index in [0.717, 1.165) is 5.59 Å². The fraction of sp³-hybridized carbons (Fsp3) is 0.375. The summed E-state index contributed by atoms with van der Waals surface area (Å²) >= 11 is 0. The van der Waals surface area contributed by atoms with E-state index in [1.807, 2.05) is 14.0 Å². The first-order valence-electron chi connectivity index (χ1n) is 3.52. The van der Waals surface area contributed by atoms with Gasteiger partial charge >= 0.3 is 0 Å². The second-order valence-electron chi connectivity index (χ2n) is 2.78. The molecule has 0 unspecified atom stereocenters. The van der Waals surface area contributed by atoms with Gasteiger partial charge in [0.1, 0.15) is 0 Å². The lowest BCUT2D eigenvalue weighted by Crippen LogP contribution is -2.14. The molecule has 1 nitrogen and oxygen atoms in total. The molecule has 0 saturated heterocycles. The predicted octanol–water partition coefficient (Wildman–Crippen LogP) is 0.265. The maximum Gasteiger partial charge on any atom is 0.164 e. The summed E-state index contributed by atoms with van der Waals surface area (Å²) in [6.45, 7) is 6.35. The zero-order valence-corrected chi connectivity index (χ0v) is 7.02. The van der Waals surface area contributed by atoms with Crippen molar-refractivity contribution in [2.75, 3.05) is 0 Å². The Morgan fingerprint density at radius 1 is 1.20 bits per heavy atom. The maximum atomic E-state index is 4.24. The summed E-state index contributed by atoms with van der Waals surface area (Å²) in [5, 5.41) is 0. The largest absolute Gasteiger partial charge is 0.272 e. The van der Waals surface area contributed by atoms with E-state index in [0.29, 0.717) is 0 Å². The average molecular weight is 133 g/mol. The molecule has 0 aliphatic heterocycles. The fourth-order valence-electron chi connectivity index (χ4n) is 0.954. The number of aromatic nitrogens is 1. The Morgan fingerprint density at radius 3 is 2.30 bits per heavy atom. The fourth-order valence-corrected chi connectivity index (χ4v) is 0.954. The van der Waals surface area contributed by atoms with Crippen LogP contribution in [0.5, 0.6) is 0 Å². The van der Waals surface area contributed by atoms with E-state index in [1.54, 1.807) is 0 Å². The Bertz CT molecular complexity index is 229. The molecule has 0 atom stereocenters. The maximum absolute atomic E-state index is 4.24. The Balaban J connectivity index is 3.34. The lowest BCUT2D eigenvalue weighted by Gasteiger charge is -2.05. The molecule has 0 radical (unpaired) electrons. The molecular weight excluding hydrogens is 121 g/mol. The van der Waals surface area contributed by atoms with Crippen molar-refractivity contribution < 1.29 is 0 Å². The van der Waals surface area contributed by atoms with Gasteiger partial charge in [-0.3, -0.25) is 4.98 Å². The summed E-state index contributed by atoms with van der Waals surface area (Å²) in [4.78, 5) is 4.24. The standard InChI is InChI=1S/C8H12BN/c1-5-4-10-8(9)7(3)6(5)2/h4H,9H2,1-3H3. The van der Waals surface area contributed by atoms with E-state index in [9.17, 15) is 0 Å². The van der Waals surface area contributed by atoms with Gasteiger partial charge in [-0.05, 0) is 43.1 Å². The molecular formula is C8H12BN. The van der Waals surface area contributed by atoms with Gasteiger partial charge < -0.3 is 0 Å². The van der Waals surface area contributed by atoms with Crippen LogP contribution in [0.15, 0.2) is 6.20 Å². The second-order valence-corrected chi connectivity index (χ2v) is 2.78. The van der Waals surface area contributed by atoms with Gasteiger partial charge in [-0.15, -0.1) is 0 Å². The highest BCUT2D eigenvalue weighted by atomic mass is 14.6. The summed E-state index contributed by atoms with van der Waals surface area (Å²) in [6, 6.07) is 0. The van der Waals surface area contributed by atoms with Crippen LogP contribution in [0.2, 0.25) is 0 Å². The van der Waals surface area contributed by atoms with E-state index in [-0.39, 0.29) is 0 Å². The normalized spacial score (nSPS) is 9.90. The van der Waals surface area contributed by atoms with Gasteiger partial charge in [-0.25, -0.2) is 0 Å². The molecule has 0 aromatic carbocycles. The van der Waals surface area contributed by atoms with Crippen LogP contribution in [0, 0.1) is 20.8 Å². The topological polar surface area (TPSA) is 12.9 Å². The minimum Gasteiger partial charge on any atom is -0.272 e. The lowest BCUT2D eigenvalue weighted by molar-refractivity contribution is 1.20. The molecule has 1 rings (SSSR count). The zero-order valence-electron chi connectivity index (χ0n) is 7.02. The number of hydrogen-bond acceptors (Lipinski definition) is 1. The molecule has 0 spiro atoms. The summed E-state index contributed by atoms with van der Waals surface area (Å²) in [7, 11) is 2.04. The van der Waals surface area contributed by atoms with E-state index in [4.69, 9.17) is 0 Å². The Hall–Kier alpha value is -0.785. The molecule has 0 N–H and O–H groups in total. The summed E-state index contributed by atoms with van der Waals surface area (Å²) in [5.74, 6) is 0. The molecule has 0 aliphatic carbocycles. The van der Waals surface area contributed by atoms with Gasteiger partial charge in [0.15, 0.2) is 7.85 Å². The van der Waals surface area contributed by atoms with Crippen molar-refractivity contribution in [2.45, 2.75) is 20.8 Å². The van der Waals surface area contributed by atoms with Gasteiger partial charge in [0.05, 0.1) is 0 Å². The van der Waals surface area contributed by atoms with Crippen molar-refractivity contribution in [1.82, 2.24) is 4.98 Å². The highest BCUT2D eigenvalue weighted by molar-refractivity contribution is 6.31. The molecule has 10 heavy (non-hydrogen) atoms. The van der Waals surface area contributed by atoms with Gasteiger partial charge in [-0.1, -0.05) is 0 Å². The summed E-state index contributed by atoms with van der Waals surface area (Å²) in [5.41, 5.74) is 5.11. The SMILES string of the molecule is Bc1ncc(C)c(C)c1C. The van der Waals surface area contributed by atoms with Crippen molar-refractivity contribution >= 4 is 13.4 Å². The number of rotatable bonds is 0. The average Bonchev–Trinajstić information content (AvgIpc) is 1.93. The lowest BCUT2D eigenvalue weighted by atomic mass is 9.94. The third-order valence-corrected chi connectivity index (χ3v) is 2.15. The molecule has 0 fully saturated rings. The number of pyridine rings is 1. The molecule has 0 aliphatic rings. The monoisotopic (exact) mass is 133 g/mol. The Morgan fingerprint density at radius 2 is 1.80 bits per heavy atom. The highest BCUT2D eigenvalue weighted by Gasteiger charge is 1.98. The van der Waals surface area contributed by atoms with E-state index in [1.165, 1.54) is 16.7 Å². The molecule has 0 bridgehead atoms. The van der Waals surface area contributed by atoms with Crippen LogP contribution in [-0.4, -0.2) is 12.8 Å². The summed E-state index contributed by atoms with van der Waals surface area (Å²) in [6.07, 6.45) is 1.93. The van der Waals surface area contributed by atoms with Crippen LogP contribution in [0.25, 0.3) is 0 Å². The van der Waals surface area contributed by atoms with Gasteiger partial charge in [-0.2, -0.15) is 0 Å². The Kier molecular flexibility index (Phi) is 1.79. The Labute approximate surface area is 62.9 Å². The molecule has 0 amide bonds. The van der Waals surface area contributed by atoms with E-state index >= 15 is 0 Å². The molecule has 52 valence electrons. The summed E-state index contributed by atoms with van der Waals surface area (Å²) < 4.78 is 0. The van der Waals surface area contributed by atoms with Crippen molar-refractivity contribution in [3.63, 3.8) is 0 Å². The number of hydrogen-bond donors (Lipinski definition) is 0. The molecule has 1 aromatic rings. The third-order valence-electron chi connectivity index (χ3n) is 2.15. The number of aryl methyl sites for hydroxylation is 1. The van der Waals surface area contributed by atoms with E-state index in [2.05, 4.69) is 25.8 Å². The van der Waals surface area contributed by atoms with Gasteiger partial charge in [0.2, 0.25) is 0 Å². The van der Waals surface area contributed by atoms with E-state index < -0.39 is 0 Å². The zero-order chi connectivity index (χ0) is 7.72. The van der Waals surface area contributed by atoms with Gasteiger partial charge in [0.25, 0.3) is 0 Å². The first-order valence-corrected chi connectivity index (χ1v) is 3.52. The van der Waals surface area contributed by atoms with Crippen LogP contribution < -0.4 is 5.59 Å². The third kappa shape index (κ3) is 1.06. The van der Waals surface area contributed by atoms with Crippen LogP contribution in [0.4, 0.5) is 0 Å². The quantitative estimate of drug-likeness (QED) is 0.462. The van der Waals surface area contributed by atoms with Gasteiger partial charge in [0, 0.05) is 6.20 Å². The van der Waals surface area contributed by atoms with Crippen molar-refractivity contribution in [2.24, 2.45) is 0 Å². The van der Waals surface area contributed by atoms with Crippen LogP contribution in [-0.2, 0) is 0 Å². The first kappa shape index (κ1) is 7.32. The predicted molar refractivity (Wildman–Crippen MR) is 46.6 cm³/mol. The van der Waals surface area contributed by atoms with Crippen LogP contribution in [0.3, 0.4) is 0 Å². The highest BCUT2D eigenvalue weighted by Crippen LogP contribution is 2.05. The smallest absolute Gasteiger partial charge is 0.164 e.